The Balaban J connectivity index is 1.70. The Morgan fingerprint density at radius 2 is 2.12 bits per heavy atom. The van der Waals surface area contributed by atoms with Gasteiger partial charge in [0, 0.05) is 23.3 Å². The van der Waals surface area contributed by atoms with E-state index in [0.717, 1.165) is 12.0 Å². The number of aryl methyl sites for hydroxylation is 1. The number of hydrogen-bond donors (Lipinski definition) is 0. The molecule has 1 aliphatic heterocycles. The summed E-state index contributed by atoms with van der Waals surface area (Å²) in [4.78, 5) is 15.9. The lowest BCUT2D eigenvalue weighted by atomic mass is 10.1. The Morgan fingerprint density at radius 3 is 2.84 bits per heavy atom. The highest BCUT2D eigenvalue weighted by Gasteiger charge is 2.21. The third-order valence-corrected chi connectivity index (χ3v) is 3.87. The zero-order valence-electron chi connectivity index (χ0n) is 13.8. The maximum absolute atomic E-state index is 11.1. The molecule has 0 aromatic heterocycles. The normalized spacial score (nSPS) is 13.3. The van der Waals surface area contributed by atoms with Gasteiger partial charge >= 0.3 is 0 Å². The van der Waals surface area contributed by atoms with Crippen molar-refractivity contribution in [3.63, 3.8) is 0 Å². The van der Waals surface area contributed by atoms with Crippen LogP contribution >= 0.6 is 0 Å². The second-order valence-electron chi connectivity index (χ2n) is 5.56. The van der Waals surface area contributed by atoms with Crippen LogP contribution in [0.3, 0.4) is 0 Å². The number of fused-ring (bicyclic) bond motifs is 1. The summed E-state index contributed by atoms with van der Waals surface area (Å²) in [6, 6.07) is 10.9. The maximum Gasteiger partial charge on any atom is 0.270 e. The van der Waals surface area contributed by atoms with E-state index in [4.69, 9.17) is 14.3 Å². The van der Waals surface area contributed by atoms with Crippen molar-refractivity contribution in [1.82, 2.24) is 0 Å². The summed E-state index contributed by atoms with van der Waals surface area (Å²) in [6.45, 7) is 2.56. The minimum atomic E-state index is -0.447. The molecule has 0 aliphatic carbocycles. The van der Waals surface area contributed by atoms with E-state index in [1.54, 1.807) is 6.21 Å². The molecule has 0 saturated heterocycles. The highest BCUT2D eigenvalue weighted by Crippen LogP contribution is 2.33. The van der Waals surface area contributed by atoms with Crippen LogP contribution in [0.5, 0.6) is 5.75 Å². The molecule has 0 radical (unpaired) electrons. The molecule has 2 aromatic carbocycles. The highest BCUT2D eigenvalue weighted by atomic mass is 16.7. The molecule has 0 saturated carbocycles. The number of rotatable bonds is 6. The van der Waals surface area contributed by atoms with E-state index >= 15 is 0 Å². The first-order valence-electron chi connectivity index (χ1n) is 7.92. The van der Waals surface area contributed by atoms with Gasteiger partial charge in [0.25, 0.3) is 5.69 Å². The minimum absolute atomic E-state index is 0.0226. The van der Waals surface area contributed by atoms with Crippen molar-refractivity contribution in [2.75, 3.05) is 6.79 Å². The van der Waals surface area contributed by atoms with Crippen LogP contribution in [-0.2, 0) is 29.2 Å². The number of oxime groups is 1. The Kier molecular flexibility index (Phi) is 5.25. The van der Waals surface area contributed by atoms with E-state index in [9.17, 15) is 10.1 Å². The third-order valence-electron chi connectivity index (χ3n) is 3.87. The Hall–Kier alpha value is -2.93. The van der Waals surface area contributed by atoms with E-state index < -0.39 is 4.92 Å². The van der Waals surface area contributed by atoms with Crippen LogP contribution in [0.25, 0.3) is 0 Å². The van der Waals surface area contributed by atoms with Gasteiger partial charge in [0.2, 0.25) is 0 Å². The van der Waals surface area contributed by atoms with E-state index in [1.165, 1.54) is 17.7 Å². The van der Waals surface area contributed by atoms with Gasteiger partial charge in [-0.15, -0.1) is 0 Å². The van der Waals surface area contributed by atoms with Gasteiger partial charge in [-0.2, -0.15) is 0 Å². The topological polar surface area (TPSA) is 83.2 Å². The smallest absolute Gasteiger partial charge is 0.270 e. The van der Waals surface area contributed by atoms with Crippen LogP contribution in [-0.4, -0.2) is 17.9 Å². The Morgan fingerprint density at radius 1 is 1.32 bits per heavy atom. The summed E-state index contributed by atoms with van der Waals surface area (Å²) < 4.78 is 10.6. The quantitative estimate of drug-likeness (QED) is 0.455. The lowest BCUT2D eigenvalue weighted by Crippen LogP contribution is -2.13. The number of hydrogen-bond acceptors (Lipinski definition) is 6. The maximum atomic E-state index is 11.1. The Bertz CT molecular complexity index is 787. The molecule has 7 nitrogen and oxygen atoms in total. The summed E-state index contributed by atoms with van der Waals surface area (Å²) in [7, 11) is 0. The van der Waals surface area contributed by atoms with Crippen molar-refractivity contribution >= 4 is 11.9 Å². The van der Waals surface area contributed by atoms with Gasteiger partial charge in [-0.25, -0.2) is 0 Å². The zero-order valence-corrected chi connectivity index (χ0v) is 13.8. The lowest BCUT2D eigenvalue weighted by molar-refractivity contribution is -0.385. The van der Waals surface area contributed by atoms with Crippen LogP contribution in [0, 0.1) is 10.1 Å². The van der Waals surface area contributed by atoms with Gasteiger partial charge in [-0.05, 0) is 17.5 Å². The number of nitro benzene ring substituents is 1. The van der Waals surface area contributed by atoms with E-state index in [2.05, 4.69) is 12.1 Å². The number of nitro groups is 1. The number of benzene rings is 2. The molecular formula is C18H18N2O5. The van der Waals surface area contributed by atoms with Gasteiger partial charge in [0.05, 0.1) is 17.7 Å². The number of nitrogens with zero attached hydrogens (tertiary/aromatic N) is 2. The SMILES string of the molecule is CCc1ccc(/C=N\OCc2cc([N+](=O)[O-])cc3c2OCOC3)cc1. The van der Waals surface area contributed by atoms with Gasteiger partial charge in [-0.3, -0.25) is 10.1 Å². The lowest BCUT2D eigenvalue weighted by Gasteiger charge is -2.20. The van der Waals surface area contributed by atoms with Crippen molar-refractivity contribution in [3.8, 4) is 5.75 Å². The molecule has 0 N–H and O–H groups in total. The van der Waals surface area contributed by atoms with Crippen LogP contribution in [0.1, 0.15) is 29.2 Å². The molecule has 0 atom stereocenters. The van der Waals surface area contributed by atoms with E-state index in [-0.39, 0.29) is 25.7 Å². The van der Waals surface area contributed by atoms with Gasteiger partial charge in [-0.1, -0.05) is 36.3 Å². The predicted molar refractivity (Wildman–Crippen MR) is 91.6 cm³/mol. The number of ether oxygens (including phenoxy) is 2. The van der Waals surface area contributed by atoms with Crippen LogP contribution in [0.4, 0.5) is 5.69 Å². The highest BCUT2D eigenvalue weighted by molar-refractivity contribution is 5.79. The molecule has 0 unspecified atom stereocenters. The first-order valence-corrected chi connectivity index (χ1v) is 7.92. The largest absolute Gasteiger partial charge is 0.467 e. The van der Waals surface area contributed by atoms with Crippen LogP contribution in [0.2, 0.25) is 0 Å². The second-order valence-corrected chi connectivity index (χ2v) is 5.56. The first-order chi connectivity index (χ1) is 12.2. The van der Waals surface area contributed by atoms with Crippen LogP contribution < -0.4 is 4.74 Å². The van der Waals surface area contributed by atoms with Crippen molar-refractivity contribution < 1.29 is 19.2 Å². The Labute approximate surface area is 145 Å². The fraction of sp³-hybridized carbons (Fsp3) is 0.278. The summed E-state index contributed by atoms with van der Waals surface area (Å²) in [5, 5.41) is 15.0. The van der Waals surface area contributed by atoms with Crippen molar-refractivity contribution in [1.29, 1.82) is 0 Å². The standard InChI is InChI=1S/C18H18N2O5/c1-2-13-3-5-14(6-4-13)9-19-25-11-16-8-17(20(21)22)7-15-10-23-12-24-18(15)16/h3-9H,2,10-12H2,1H3/b19-9-. The van der Waals surface area contributed by atoms with Gasteiger partial charge in [0.15, 0.2) is 6.79 Å². The molecule has 0 bridgehead atoms. The molecule has 1 aliphatic rings. The van der Waals surface area contributed by atoms with Crippen LogP contribution in [0.15, 0.2) is 41.6 Å². The van der Waals surface area contributed by atoms with Gasteiger partial charge < -0.3 is 14.3 Å². The molecule has 7 heteroatoms. The summed E-state index contributed by atoms with van der Waals surface area (Å²) in [5.41, 5.74) is 3.36. The van der Waals surface area contributed by atoms with Crippen molar-refractivity contribution in [2.24, 2.45) is 5.16 Å². The monoisotopic (exact) mass is 342 g/mol. The van der Waals surface area contributed by atoms with Crippen molar-refractivity contribution in [3.05, 3.63) is 68.8 Å². The molecule has 0 spiro atoms. The average molecular weight is 342 g/mol. The van der Waals surface area contributed by atoms with E-state index in [1.807, 2.05) is 24.3 Å². The molecule has 130 valence electrons. The summed E-state index contributed by atoms with van der Waals surface area (Å²) in [5.74, 6) is 0.569. The summed E-state index contributed by atoms with van der Waals surface area (Å²) >= 11 is 0. The molecular weight excluding hydrogens is 324 g/mol. The fourth-order valence-electron chi connectivity index (χ4n) is 2.54. The molecule has 25 heavy (non-hydrogen) atoms. The molecule has 1 heterocycles. The number of non-ortho nitro benzene ring substituents is 1. The van der Waals surface area contributed by atoms with Gasteiger partial charge in [0.1, 0.15) is 12.4 Å². The molecule has 3 rings (SSSR count). The van der Waals surface area contributed by atoms with E-state index in [0.29, 0.717) is 16.9 Å². The zero-order chi connectivity index (χ0) is 17.6. The molecule has 0 fully saturated rings. The average Bonchev–Trinajstić information content (AvgIpc) is 2.65. The fourth-order valence-corrected chi connectivity index (χ4v) is 2.54. The molecule has 2 aromatic rings. The molecule has 0 amide bonds. The second kappa shape index (κ2) is 7.76. The van der Waals surface area contributed by atoms with Crippen molar-refractivity contribution in [2.45, 2.75) is 26.6 Å². The first kappa shape index (κ1) is 16.9. The summed E-state index contributed by atoms with van der Waals surface area (Å²) in [6.07, 6.45) is 2.59. The third kappa shape index (κ3) is 4.13. The predicted octanol–water partition coefficient (Wildman–Crippen LogP) is 3.57. The minimum Gasteiger partial charge on any atom is -0.467 e.